The number of likely N-dealkylation sites (tertiary alicyclic amines) is 1. The van der Waals surface area contributed by atoms with Crippen LogP contribution in [0.2, 0.25) is 10.0 Å². The molecule has 0 spiro atoms. The summed E-state index contributed by atoms with van der Waals surface area (Å²) in [5.74, 6) is -1.28. The van der Waals surface area contributed by atoms with E-state index in [1.54, 1.807) is 17.0 Å². The molecule has 2 aromatic carbocycles. The standard InChI is InChI=1S/C24H25Cl2NO3/c1-15(2)17-7-3-4-8-18(17)19-9-11-21(25)23(26)20(19)10-12-22(28)27-13-5-6-16(14-27)24(29)30/h3-4,7-12,15-16H,5-6,13-14H2,1-2H3,(H,29,30)/b12-10+. The van der Waals surface area contributed by atoms with E-state index in [9.17, 15) is 14.7 Å². The highest BCUT2D eigenvalue weighted by molar-refractivity contribution is 6.43. The summed E-state index contributed by atoms with van der Waals surface area (Å²) in [5.41, 5.74) is 3.80. The van der Waals surface area contributed by atoms with Crippen LogP contribution in [-0.2, 0) is 9.59 Å². The van der Waals surface area contributed by atoms with Crippen molar-refractivity contribution < 1.29 is 14.7 Å². The molecule has 4 nitrogen and oxygen atoms in total. The second-order valence-corrected chi connectivity index (χ2v) is 8.64. The van der Waals surface area contributed by atoms with Crippen LogP contribution in [0.3, 0.4) is 0 Å². The van der Waals surface area contributed by atoms with Gasteiger partial charge < -0.3 is 10.0 Å². The van der Waals surface area contributed by atoms with E-state index < -0.39 is 11.9 Å². The molecule has 0 aromatic heterocycles. The Morgan fingerprint density at radius 1 is 1.13 bits per heavy atom. The monoisotopic (exact) mass is 445 g/mol. The van der Waals surface area contributed by atoms with Crippen LogP contribution >= 0.6 is 23.2 Å². The molecule has 3 rings (SSSR count). The van der Waals surface area contributed by atoms with Gasteiger partial charge in [-0.3, -0.25) is 9.59 Å². The fourth-order valence-electron chi connectivity index (χ4n) is 3.85. The number of nitrogens with zero attached hydrogens (tertiary/aromatic N) is 1. The molecule has 1 fully saturated rings. The van der Waals surface area contributed by atoms with Gasteiger partial charge in [-0.1, -0.05) is 67.4 Å². The summed E-state index contributed by atoms with van der Waals surface area (Å²) >= 11 is 12.8. The van der Waals surface area contributed by atoms with Gasteiger partial charge in [0.1, 0.15) is 0 Å². The number of hydrogen-bond donors (Lipinski definition) is 1. The number of halogens is 2. The summed E-state index contributed by atoms with van der Waals surface area (Å²) in [7, 11) is 0. The van der Waals surface area contributed by atoms with Crippen LogP contribution in [0.25, 0.3) is 17.2 Å². The number of rotatable bonds is 5. The van der Waals surface area contributed by atoms with E-state index in [0.717, 1.165) is 11.1 Å². The fraction of sp³-hybridized carbons (Fsp3) is 0.333. The number of carbonyl (C=O) groups is 2. The van der Waals surface area contributed by atoms with Crippen LogP contribution in [0.5, 0.6) is 0 Å². The van der Waals surface area contributed by atoms with Gasteiger partial charge in [0.05, 0.1) is 16.0 Å². The van der Waals surface area contributed by atoms with Crippen LogP contribution in [0, 0.1) is 5.92 Å². The van der Waals surface area contributed by atoms with Crippen LogP contribution in [-0.4, -0.2) is 35.0 Å². The van der Waals surface area contributed by atoms with Crippen molar-refractivity contribution in [3.05, 3.63) is 63.6 Å². The largest absolute Gasteiger partial charge is 0.481 e. The molecular formula is C24H25Cl2NO3. The number of benzene rings is 2. The molecule has 1 aliphatic rings. The molecule has 1 N–H and O–H groups in total. The Balaban J connectivity index is 1.96. The molecule has 1 saturated heterocycles. The number of amides is 1. The topological polar surface area (TPSA) is 57.6 Å². The minimum absolute atomic E-state index is 0.222. The van der Waals surface area contributed by atoms with E-state index in [4.69, 9.17) is 23.2 Å². The molecule has 6 heteroatoms. The summed E-state index contributed by atoms with van der Waals surface area (Å²) in [6, 6.07) is 11.8. The summed E-state index contributed by atoms with van der Waals surface area (Å²) in [6.45, 7) is 5.04. The summed E-state index contributed by atoms with van der Waals surface area (Å²) in [6.07, 6.45) is 4.43. The Morgan fingerprint density at radius 2 is 1.87 bits per heavy atom. The lowest BCUT2D eigenvalue weighted by Crippen LogP contribution is -2.41. The second-order valence-electron chi connectivity index (χ2n) is 7.86. The van der Waals surface area contributed by atoms with Crippen LogP contribution in [0.15, 0.2) is 42.5 Å². The van der Waals surface area contributed by atoms with E-state index in [0.29, 0.717) is 40.9 Å². The predicted octanol–water partition coefficient (Wildman–Crippen LogP) is 6.12. The van der Waals surface area contributed by atoms with E-state index in [1.807, 2.05) is 24.3 Å². The van der Waals surface area contributed by atoms with Gasteiger partial charge in [0.25, 0.3) is 0 Å². The molecule has 0 saturated carbocycles. The van der Waals surface area contributed by atoms with Gasteiger partial charge >= 0.3 is 5.97 Å². The zero-order valence-electron chi connectivity index (χ0n) is 17.1. The normalized spacial score (nSPS) is 17.0. The van der Waals surface area contributed by atoms with Gasteiger partial charge in [-0.05, 0) is 47.6 Å². The highest BCUT2D eigenvalue weighted by Crippen LogP contribution is 2.38. The first-order chi connectivity index (χ1) is 14.3. The third-order valence-corrected chi connectivity index (χ3v) is 6.30. The average Bonchev–Trinajstić information content (AvgIpc) is 2.74. The van der Waals surface area contributed by atoms with E-state index in [1.165, 1.54) is 11.6 Å². The molecule has 0 aliphatic carbocycles. The number of hydrogen-bond acceptors (Lipinski definition) is 2. The van der Waals surface area contributed by atoms with Crippen molar-refractivity contribution >= 4 is 41.2 Å². The lowest BCUT2D eigenvalue weighted by Gasteiger charge is -2.29. The summed E-state index contributed by atoms with van der Waals surface area (Å²) in [4.78, 5) is 25.6. The van der Waals surface area contributed by atoms with Crippen LogP contribution in [0.4, 0.5) is 0 Å². The molecular weight excluding hydrogens is 421 g/mol. The molecule has 1 unspecified atom stereocenters. The minimum Gasteiger partial charge on any atom is -0.481 e. The number of piperidine rings is 1. The Bertz CT molecular complexity index is 984. The quantitative estimate of drug-likeness (QED) is 0.563. The number of aliphatic carboxylic acids is 1. The van der Waals surface area contributed by atoms with Crippen molar-refractivity contribution in [3.8, 4) is 11.1 Å². The second kappa shape index (κ2) is 9.67. The van der Waals surface area contributed by atoms with Crippen LogP contribution < -0.4 is 0 Å². The fourth-order valence-corrected chi connectivity index (χ4v) is 4.24. The molecule has 158 valence electrons. The molecule has 1 aliphatic heterocycles. The Kier molecular flexibility index (Phi) is 7.22. The first-order valence-electron chi connectivity index (χ1n) is 10.1. The maximum Gasteiger partial charge on any atom is 0.308 e. The molecule has 1 heterocycles. The van der Waals surface area contributed by atoms with Crippen molar-refractivity contribution in [1.29, 1.82) is 0 Å². The Labute approximate surface area is 187 Å². The maximum atomic E-state index is 12.7. The average molecular weight is 446 g/mol. The van der Waals surface area contributed by atoms with Crippen molar-refractivity contribution in [2.24, 2.45) is 5.92 Å². The molecule has 1 atom stereocenters. The number of carbonyl (C=O) groups excluding carboxylic acids is 1. The van der Waals surface area contributed by atoms with Gasteiger partial charge in [0.15, 0.2) is 0 Å². The van der Waals surface area contributed by atoms with E-state index in [-0.39, 0.29) is 12.5 Å². The van der Waals surface area contributed by atoms with Crippen molar-refractivity contribution in [2.75, 3.05) is 13.1 Å². The third kappa shape index (κ3) is 4.88. The molecule has 30 heavy (non-hydrogen) atoms. The highest BCUT2D eigenvalue weighted by Gasteiger charge is 2.27. The Hall–Kier alpha value is -2.30. The van der Waals surface area contributed by atoms with Gasteiger partial charge in [-0.2, -0.15) is 0 Å². The predicted molar refractivity (Wildman–Crippen MR) is 122 cm³/mol. The molecule has 0 radical (unpaired) electrons. The highest BCUT2D eigenvalue weighted by atomic mass is 35.5. The zero-order valence-corrected chi connectivity index (χ0v) is 18.6. The Morgan fingerprint density at radius 3 is 2.57 bits per heavy atom. The van der Waals surface area contributed by atoms with Gasteiger partial charge in [-0.25, -0.2) is 0 Å². The number of carboxylic acids is 1. The zero-order chi connectivity index (χ0) is 21.8. The number of carboxylic acid groups (broad SMARTS) is 1. The molecule has 1 amide bonds. The van der Waals surface area contributed by atoms with Crippen molar-refractivity contribution in [1.82, 2.24) is 4.90 Å². The summed E-state index contributed by atoms with van der Waals surface area (Å²) < 4.78 is 0. The first-order valence-corrected chi connectivity index (χ1v) is 10.8. The molecule has 0 bridgehead atoms. The minimum atomic E-state index is -0.859. The van der Waals surface area contributed by atoms with Crippen LogP contribution in [0.1, 0.15) is 43.7 Å². The SMILES string of the molecule is CC(C)c1ccccc1-c1ccc(Cl)c(Cl)c1/C=C/C(=O)N1CCCC(C(=O)O)C1. The molecule has 2 aromatic rings. The maximum absolute atomic E-state index is 12.7. The van der Waals surface area contributed by atoms with E-state index in [2.05, 4.69) is 19.9 Å². The first kappa shape index (κ1) is 22.4. The van der Waals surface area contributed by atoms with E-state index >= 15 is 0 Å². The van der Waals surface area contributed by atoms with Crippen molar-refractivity contribution in [3.63, 3.8) is 0 Å². The smallest absolute Gasteiger partial charge is 0.308 e. The third-order valence-electron chi connectivity index (χ3n) is 5.48. The van der Waals surface area contributed by atoms with Gasteiger partial charge in [0.2, 0.25) is 5.91 Å². The van der Waals surface area contributed by atoms with Gasteiger partial charge in [-0.15, -0.1) is 0 Å². The van der Waals surface area contributed by atoms with Crippen molar-refractivity contribution in [2.45, 2.75) is 32.6 Å². The lowest BCUT2D eigenvalue weighted by atomic mass is 9.90. The lowest BCUT2D eigenvalue weighted by molar-refractivity contribution is -0.144. The van der Waals surface area contributed by atoms with Gasteiger partial charge in [0, 0.05) is 24.7 Å². The summed E-state index contributed by atoms with van der Waals surface area (Å²) in [5, 5.41) is 10.1.